The van der Waals surface area contributed by atoms with E-state index in [2.05, 4.69) is 4.90 Å². The molecule has 5 rings (SSSR count). The number of hydrogen-bond donors (Lipinski definition) is 1. The fraction of sp³-hybridized carbons (Fsp3) is 0.722. The molecule has 0 spiro atoms. The van der Waals surface area contributed by atoms with Crippen LogP contribution in [0.4, 0.5) is 0 Å². The summed E-state index contributed by atoms with van der Waals surface area (Å²) in [4.78, 5) is 15.3. The number of furan rings is 1. The molecule has 3 aliphatic heterocycles. The molecule has 1 saturated carbocycles. The standard InChI is InChI=1S/C18H25NO4/c20-17(23-15-12-19-9-7-13(15)8-10-19)18(21,14-4-1-2-5-14)16-6-3-11-22-16/h3,6,11,13-15,21H,1-2,4-5,7-10,12H2/t15-,18-/m0/s1. The number of fused-ring (bicyclic) bond motifs is 3. The zero-order valence-corrected chi connectivity index (χ0v) is 13.4. The minimum Gasteiger partial charge on any atom is -0.466 e. The normalized spacial score (nSPS) is 33.5. The molecule has 0 aromatic carbocycles. The molecule has 23 heavy (non-hydrogen) atoms. The molecule has 2 atom stereocenters. The first-order chi connectivity index (χ1) is 11.2. The summed E-state index contributed by atoms with van der Waals surface area (Å²) >= 11 is 0. The van der Waals surface area contributed by atoms with Crippen molar-refractivity contribution in [2.75, 3.05) is 19.6 Å². The van der Waals surface area contributed by atoms with Crippen molar-refractivity contribution in [3.05, 3.63) is 24.2 Å². The summed E-state index contributed by atoms with van der Waals surface area (Å²) in [6, 6.07) is 3.41. The minimum atomic E-state index is -1.63. The summed E-state index contributed by atoms with van der Waals surface area (Å²) in [7, 11) is 0. The number of hydrogen-bond acceptors (Lipinski definition) is 5. The number of nitrogens with zero attached hydrogens (tertiary/aromatic N) is 1. The zero-order chi connectivity index (χ0) is 15.9. The van der Waals surface area contributed by atoms with Gasteiger partial charge in [0.1, 0.15) is 11.9 Å². The van der Waals surface area contributed by atoms with Crippen LogP contribution < -0.4 is 0 Å². The second-order valence-electron chi connectivity index (χ2n) is 7.31. The Morgan fingerprint density at radius 2 is 2.00 bits per heavy atom. The first-order valence-corrected chi connectivity index (χ1v) is 8.87. The van der Waals surface area contributed by atoms with Crippen LogP contribution >= 0.6 is 0 Å². The van der Waals surface area contributed by atoms with Gasteiger partial charge in [-0.2, -0.15) is 0 Å². The first kappa shape index (κ1) is 15.2. The van der Waals surface area contributed by atoms with Crippen molar-refractivity contribution in [2.45, 2.75) is 50.2 Å². The highest BCUT2D eigenvalue weighted by molar-refractivity contribution is 5.81. The molecule has 3 saturated heterocycles. The van der Waals surface area contributed by atoms with Crippen LogP contribution in [0.1, 0.15) is 44.3 Å². The predicted octanol–water partition coefficient (Wildman–Crippen LogP) is 2.29. The van der Waals surface area contributed by atoms with Gasteiger partial charge in [-0.05, 0) is 56.8 Å². The fourth-order valence-corrected chi connectivity index (χ4v) is 4.58. The van der Waals surface area contributed by atoms with Gasteiger partial charge >= 0.3 is 5.97 Å². The summed E-state index contributed by atoms with van der Waals surface area (Å²) in [6.45, 7) is 3.00. The van der Waals surface area contributed by atoms with Gasteiger partial charge in [-0.1, -0.05) is 12.8 Å². The van der Waals surface area contributed by atoms with Gasteiger partial charge in [0.05, 0.1) is 6.26 Å². The first-order valence-electron chi connectivity index (χ1n) is 8.87. The number of rotatable bonds is 4. The molecular weight excluding hydrogens is 294 g/mol. The highest BCUT2D eigenvalue weighted by Gasteiger charge is 2.51. The Bertz CT molecular complexity index is 543. The van der Waals surface area contributed by atoms with Crippen LogP contribution in [0.25, 0.3) is 0 Å². The number of carbonyl (C=O) groups is 1. The lowest BCUT2D eigenvalue weighted by Gasteiger charge is -2.44. The van der Waals surface area contributed by atoms with Gasteiger partial charge in [-0.25, -0.2) is 4.79 Å². The Kier molecular flexibility index (Phi) is 3.93. The van der Waals surface area contributed by atoms with Crippen LogP contribution in [0.5, 0.6) is 0 Å². The number of esters is 1. The van der Waals surface area contributed by atoms with Gasteiger partial charge in [0.2, 0.25) is 5.60 Å². The highest BCUT2D eigenvalue weighted by atomic mass is 16.6. The topological polar surface area (TPSA) is 62.9 Å². The summed E-state index contributed by atoms with van der Waals surface area (Å²) in [5.74, 6) is 0.143. The van der Waals surface area contributed by atoms with E-state index in [0.717, 1.165) is 58.2 Å². The van der Waals surface area contributed by atoms with E-state index in [1.807, 2.05) is 0 Å². The van der Waals surface area contributed by atoms with Gasteiger partial charge in [0.15, 0.2) is 0 Å². The Hall–Kier alpha value is -1.33. The third-order valence-corrected chi connectivity index (χ3v) is 6.01. The van der Waals surface area contributed by atoms with Crippen molar-refractivity contribution in [1.82, 2.24) is 4.90 Å². The van der Waals surface area contributed by atoms with E-state index in [9.17, 15) is 9.90 Å². The minimum absolute atomic E-state index is 0.0899. The Labute approximate surface area is 136 Å². The fourth-order valence-electron chi connectivity index (χ4n) is 4.58. The predicted molar refractivity (Wildman–Crippen MR) is 83.6 cm³/mol. The maximum atomic E-state index is 12.9. The molecule has 0 amide bonds. The van der Waals surface area contributed by atoms with Crippen molar-refractivity contribution < 1.29 is 19.1 Å². The summed E-state index contributed by atoms with van der Waals surface area (Å²) in [5.41, 5.74) is -1.63. The Balaban J connectivity index is 1.55. The second kappa shape index (κ2) is 5.95. The summed E-state index contributed by atoms with van der Waals surface area (Å²) in [6.07, 6.45) is 7.35. The van der Waals surface area contributed by atoms with E-state index >= 15 is 0 Å². The van der Waals surface area contributed by atoms with E-state index in [0.29, 0.717) is 11.7 Å². The van der Waals surface area contributed by atoms with Crippen LogP contribution in [0.15, 0.2) is 22.8 Å². The lowest BCUT2D eigenvalue weighted by molar-refractivity contribution is -0.190. The van der Waals surface area contributed by atoms with Gasteiger partial charge < -0.3 is 14.3 Å². The zero-order valence-electron chi connectivity index (χ0n) is 13.4. The van der Waals surface area contributed by atoms with Crippen LogP contribution in [-0.2, 0) is 15.1 Å². The second-order valence-corrected chi connectivity index (χ2v) is 7.31. The third-order valence-electron chi connectivity index (χ3n) is 6.01. The van der Waals surface area contributed by atoms with E-state index in [1.165, 1.54) is 6.26 Å². The van der Waals surface area contributed by atoms with Crippen molar-refractivity contribution >= 4 is 5.97 Å². The maximum absolute atomic E-state index is 12.9. The molecule has 1 N–H and O–H groups in total. The Morgan fingerprint density at radius 3 is 2.57 bits per heavy atom. The molecule has 5 heteroatoms. The number of ether oxygens (including phenoxy) is 1. The third kappa shape index (κ3) is 2.60. The van der Waals surface area contributed by atoms with E-state index < -0.39 is 11.6 Å². The molecule has 1 aromatic rings. The van der Waals surface area contributed by atoms with Crippen LogP contribution in [0.2, 0.25) is 0 Å². The molecule has 0 unspecified atom stereocenters. The van der Waals surface area contributed by atoms with Gasteiger partial charge in [0.25, 0.3) is 0 Å². The SMILES string of the molecule is O=C(O[C@H]1CN2CCC1CC2)[C@@](O)(c1ccco1)C1CCCC1. The molecule has 0 radical (unpaired) electrons. The van der Waals surface area contributed by atoms with Crippen molar-refractivity contribution in [2.24, 2.45) is 11.8 Å². The largest absolute Gasteiger partial charge is 0.466 e. The van der Waals surface area contributed by atoms with E-state index in [4.69, 9.17) is 9.15 Å². The lowest BCUT2D eigenvalue weighted by atomic mass is 9.82. The van der Waals surface area contributed by atoms with Gasteiger partial charge in [0, 0.05) is 12.5 Å². The molecule has 126 valence electrons. The molecular formula is C18H25NO4. The van der Waals surface area contributed by atoms with Crippen molar-refractivity contribution in [3.63, 3.8) is 0 Å². The van der Waals surface area contributed by atoms with Crippen molar-refractivity contribution in [3.8, 4) is 0 Å². The van der Waals surface area contributed by atoms with Gasteiger partial charge in [-0.15, -0.1) is 0 Å². The average Bonchev–Trinajstić information content (AvgIpc) is 3.29. The molecule has 1 aliphatic carbocycles. The molecule has 2 bridgehead atoms. The average molecular weight is 319 g/mol. The number of carbonyl (C=O) groups excluding carboxylic acids is 1. The van der Waals surface area contributed by atoms with Crippen LogP contribution in [0.3, 0.4) is 0 Å². The Morgan fingerprint density at radius 1 is 1.26 bits per heavy atom. The molecule has 1 aromatic heterocycles. The van der Waals surface area contributed by atoms with Crippen molar-refractivity contribution in [1.29, 1.82) is 0 Å². The summed E-state index contributed by atoms with van der Waals surface area (Å²) < 4.78 is 11.3. The number of piperidine rings is 3. The van der Waals surface area contributed by atoms with Gasteiger partial charge in [-0.3, -0.25) is 4.90 Å². The molecule has 4 fully saturated rings. The smallest absolute Gasteiger partial charge is 0.346 e. The van der Waals surface area contributed by atoms with Crippen LogP contribution in [-0.4, -0.2) is 41.7 Å². The highest BCUT2D eigenvalue weighted by Crippen LogP contribution is 2.42. The van der Waals surface area contributed by atoms with E-state index in [-0.39, 0.29) is 12.0 Å². The summed E-state index contributed by atoms with van der Waals surface area (Å²) in [5, 5.41) is 11.3. The lowest BCUT2D eigenvalue weighted by Crippen LogP contribution is -2.54. The van der Waals surface area contributed by atoms with Crippen LogP contribution in [0, 0.1) is 11.8 Å². The maximum Gasteiger partial charge on any atom is 0.346 e. The number of aliphatic hydroxyl groups is 1. The molecule has 4 aliphatic rings. The monoisotopic (exact) mass is 319 g/mol. The molecule has 4 heterocycles. The quantitative estimate of drug-likeness (QED) is 0.863. The molecule has 5 nitrogen and oxygen atoms in total. The van der Waals surface area contributed by atoms with E-state index in [1.54, 1.807) is 12.1 Å².